The van der Waals surface area contributed by atoms with Crippen LogP contribution in [0.25, 0.3) is 0 Å². The first-order chi connectivity index (χ1) is 14.0. The largest absolute Gasteiger partial charge is 0.387 e. The van der Waals surface area contributed by atoms with Crippen molar-refractivity contribution in [3.63, 3.8) is 0 Å². The molecule has 0 aromatic heterocycles. The smallest absolute Gasteiger partial charge is 0.227 e. The first-order valence-corrected chi connectivity index (χ1v) is 10.6. The number of amides is 1. The van der Waals surface area contributed by atoms with E-state index in [4.69, 9.17) is 0 Å². The van der Waals surface area contributed by atoms with Crippen LogP contribution in [0.5, 0.6) is 0 Å². The van der Waals surface area contributed by atoms with Gasteiger partial charge in [0.2, 0.25) is 5.91 Å². The standard InChI is InChI=1S/C24H30N2O3/c1-18-5-2-3-6-21(18)24(29)12-15-25(16-13-24)17-22(27)19-8-10-20(11-9-19)26-14-4-7-23(26)28/h2-3,5-6,8-11,22,27,29H,4,7,12-17H2,1H3. The Morgan fingerprint density at radius 2 is 1.72 bits per heavy atom. The second-order valence-corrected chi connectivity index (χ2v) is 8.40. The molecule has 0 saturated carbocycles. The van der Waals surface area contributed by atoms with Gasteiger partial charge in [-0.15, -0.1) is 0 Å². The minimum atomic E-state index is -0.781. The van der Waals surface area contributed by atoms with Crippen molar-refractivity contribution in [3.05, 3.63) is 65.2 Å². The number of aliphatic hydroxyl groups excluding tert-OH is 1. The molecule has 1 atom stereocenters. The molecule has 2 saturated heterocycles. The second-order valence-electron chi connectivity index (χ2n) is 8.40. The van der Waals surface area contributed by atoms with Crippen LogP contribution in [-0.2, 0) is 10.4 Å². The Hall–Kier alpha value is -2.21. The molecule has 0 radical (unpaired) electrons. The summed E-state index contributed by atoms with van der Waals surface area (Å²) < 4.78 is 0. The minimum Gasteiger partial charge on any atom is -0.387 e. The predicted molar refractivity (Wildman–Crippen MR) is 114 cm³/mol. The SMILES string of the molecule is Cc1ccccc1C1(O)CCN(CC(O)c2ccc(N3CCCC3=O)cc2)CC1. The third-order valence-electron chi connectivity index (χ3n) is 6.42. The van der Waals surface area contributed by atoms with Crippen LogP contribution in [0.2, 0.25) is 0 Å². The van der Waals surface area contributed by atoms with Crippen molar-refractivity contribution in [1.82, 2.24) is 4.90 Å². The number of aliphatic hydroxyl groups is 2. The zero-order valence-corrected chi connectivity index (χ0v) is 17.1. The van der Waals surface area contributed by atoms with Gasteiger partial charge in [0, 0.05) is 38.3 Å². The summed E-state index contributed by atoms with van der Waals surface area (Å²) in [6.07, 6.45) is 2.28. The van der Waals surface area contributed by atoms with Gasteiger partial charge in [0.15, 0.2) is 0 Å². The van der Waals surface area contributed by atoms with Crippen molar-refractivity contribution in [2.45, 2.75) is 44.3 Å². The van der Waals surface area contributed by atoms with Crippen molar-refractivity contribution in [3.8, 4) is 0 Å². The lowest BCUT2D eigenvalue weighted by molar-refractivity contribution is -0.117. The molecule has 2 heterocycles. The van der Waals surface area contributed by atoms with Gasteiger partial charge in [-0.05, 0) is 55.0 Å². The van der Waals surface area contributed by atoms with Gasteiger partial charge in [-0.1, -0.05) is 36.4 Å². The molecule has 2 N–H and O–H groups in total. The number of aryl methyl sites for hydroxylation is 1. The zero-order valence-electron chi connectivity index (χ0n) is 17.1. The third kappa shape index (κ3) is 4.22. The fourth-order valence-corrected chi connectivity index (χ4v) is 4.62. The Morgan fingerprint density at radius 1 is 1.03 bits per heavy atom. The summed E-state index contributed by atoms with van der Waals surface area (Å²) in [7, 11) is 0. The molecule has 5 heteroatoms. The second kappa shape index (κ2) is 8.27. The van der Waals surface area contributed by atoms with E-state index in [0.29, 0.717) is 25.8 Å². The first kappa shape index (κ1) is 20.1. The van der Waals surface area contributed by atoms with Crippen molar-refractivity contribution in [1.29, 1.82) is 0 Å². The number of benzene rings is 2. The van der Waals surface area contributed by atoms with Gasteiger partial charge >= 0.3 is 0 Å². The quantitative estimate of drug-likeness (QED) is 0.818. The molecule has 2 aromatic carbocycles. The van der Waals surface area contributed by atoms with Crippen LogP contribution in [0, 0.1) is 6.92 Å². The van der Waals surface area contributed by atoms with Crippen molar-refractivity contribution >= 4 is 11.6 Å². The summed E-state index contributed by atoms with van der Waals surface area (Å²) in [5.41, 5.74) is 3.13. The molecule has 1 unspecified atom stereocenters. The Kier molecular flexibility index (Phi) is 5.72. The van der Waals surface area contributed by atoms with E-state index in [2.05, 4.69) is 4.90 Å². The molecule has 2 aliphatic rings. The number of piperidine rings is 1. The van der Waals surface area contributed by atoms with E-state index in [9.17, 15) is 15.0 Å². The fourth-order valence-electron chi connectivity index (χ4n) is 4.62. The lowest BCUT2D eigenvalue weighted by Crippen LogP contribution is -2.44. The number of carbonyl (C=O) groups excluding carboxylic acids is 1. The van der Waals surface area contributed by atoms with E-state index in [1.807, 2.05) is 60.4 Å². The lowest BCUT2D eigenvalue weighted by atomic mass is 9.82. The lowest BCUT2D eigenvalue weighted by Gasteiger charge is -2.39. The summed E-state index contributed by atoms with van der Waals surface area (Å²) in [4.78, 5) is 15.9. The Labute approximate surface area is 172 Å². The van der Waals surface area contributed by atoms with Crippen LogP contribution < -0.4 is 4.90 Å². The number of hydrogen-bond acceptors (Lipinski definition) is 4. The number of β-amino-alcohol motifs (C(OH)–C–C–N with tert-alkyl or cyclic N) is 1. The highest BCUT2D eigenvalue weighted by Gasteiger charge is 2.35. The molecular formula is C24H30N2O3. The molecule has 5 nitrogen and oxygen atoms in total. The summed E-state index contributed by atoms with van der Waals surface area (Å²) in [5, 5.41) is 21.8. The van der Waals surface area contributed by atoms with Crippen LogP contribution in [0.4, 0.5) is 5.69 Å². The maximum absolute atomic E-state index is 11.9. The Morgan fingerprint density at radius 3 is 2.34 bits per heavy atom. The molecular weight excluding hydrogens is 364 g/mol. The normalized spacial score (nSPS) is 20.8. The summed E-state index contributed by atoms with van der Waals surface area (Å²) in [6, 6.07) is 15.7. The first-order valence-electron chi connectivity index (χ1n) is 10.6. The summed E-state index contributed by atoms with van der Waals surface area (Å²) in [6.45, 7) is 4.87. The Balaban J connectivity index is 1.34. The average molecular weight is 395 g/mol. The van der Waals surface area contributed by atoms with Crippen molar-refractivity contribution in [2.24, 2.45) is 0 Å². The minimum absolute atomic E-state index is 0.174. The third-order valence-corrected chi connectivity index (χ3v) is 6.42. The number of nitrogens with zero attached hydrogens (tertiary/aromatic N) is 2. The molecule has 29 heavy (non-hydrogen) atoms. The van der Waals surface area contributed by atoms with Gasteiger partial charge in [0.25, 0.3) is 0 Å². The molecule has 0 spiro atoms. The number of rotatable bonds is 5. The molecule has 2 aliphatic heterocycles. The van der Waals surface area contributed by atoms with Gasteiger partial charge in [-0.2, -0.15) is 0 Å². The molecule has 4 rings (SSSR count). The van der Waals surface area contributed by atoms with Gasteiger partial charge in [0.1, 0.15) is 0 Å². The van der Waals surface area contributed by atoms with Gasteiger partial charge in [-0.25, -0.2) is 0 Å². The maximum atomic E-state index is 11.9. The zero-order chi connectivity index (χ0) is 20.4. The van der Waals surface area contributed by atoms with Crippen LogP contribution in [0.1, 0.15) is 48.5 Å². The van der Waals surface area contributed by atoms with E-state index in [1.165, 1.54) is 0 Å². The van der Waals surface area contributed by atoms with E-state index in [0.717, 1.165) is 48.4 Å². The Bertz CT molecular complexity index is 857. The van der Waals surface area contributed by atoms with Gasteiger partial charge in [0.05, 0.1) is 11.7 Å². The highest BCUT2D eigenvalue weighted by Crippen LogP contribution is 2.35. The maximum Gasteiger partial charge on any atom is 0.227 e. The van der Waals surface area contributed by atoms with Crippen LogP contribution in [0.3, 0.4) is 0 Å². The number of anilines is 1. The number of hydrogen-bond donors (Lipinski definition) is 2. The highest BCUT2D eigenvalue weighted by molar-refractivity contribution is 5.95. The van der Waals surface area contributed by atoms with E-state index in [-0.39, 0.29) is 5.91 Å². The van der Waals surface area contributed by atoms with Crippen LogP contribution in [-0.4, -0.2) is 47.2 Å². The average Bonchev–Trinajstić information content (AvgIpc) is 3.16. The van der Waals surface area contributed by atoms with Gasteiger partial charge in [-0.3, -0.25) is 4.79 Å². The molecule has 1 amide bonds. The molecule has 2 fully saturated rings. The number of carbonyl (C=O) groups is 1. The summed E-state index contributed by atoms with van der Waals surface area (Å²) >= 11 is 0. The number of likely N-dealkylation sites (tertiary alicyclic amines) is 1. The van der Waals surface area contributed by atoms with Crippen LogP contribution in [0.15, 0.2) is 48.5 Å². The van der Waals surface area contributed by atoms with E-state index in [1.54, 1.807) is 0 Å². The molecule has 0 aliphatic carbocycles. The van der Waals surface area contributed by atoms with Crippen molar-refractivity contribution < 1.29 is 15.0 Å². The highest BCUT2D eigenvalue weighted by atomic mass is 16.3. The monoisotopic (exact) mass is 394 g/mol. The van der Waals surface area contributed by atoms with E-state index < -0.39 is 11.7 Å². The fraction of sp³-hybridized carbons (Fsp3) is 0.458. The molecule has 154 valence electrons. The van der Waals surface area contributed by atoms with Crippen LogP contribution >= 0.6 is 0 Å². The van der Waals surface area contributed by atoms with Crippen molar-refractivity contribution in [2.75, 3.05) is 31.1 Å². The molecule has 2 aromatic rings. The van der Waals surface area contributed by atoms with Gasteiger partial charge < -0.3 is 20.0 Å². The van der Waals surface area contributed by atoms with E-state index >= 15 is 0 Å². The molecule has 0 bridgehead atoms. The topological polar surface area (TPSA) is 64.0 Å². The summed E-state index contributed by atoms with van der Waals surface area (Å²) in [5.74, 6) is 0.174. The predicted octanol–water partition coefficient (Wildman–Crippen LogP) is 3.14.